The van der Waals surface area contributed by atoms with Crippen molar-refractivity contribution < 1.29 is 9.84 Å². The second kappa shape index (κ2) is 5.22. The molecule has 1 N–H and O–H groups in total. The maximum atomic E-state index is 10.1. The Morgan fingerprint density at radius 3 is 3.05 bits per heavy atom. The van der Waals surface area contributed by atoms with Gasteiger partial charge in [-0.3, -0.25) is 0 Å². The van der Waals surface area contributed by atoms with Gasteiger partial charge in [-0.15, -0.1) is 0 Å². The Hall–Kier alpha value is -1.11. The Bertz CT molecular complexity index is 768. The lowest BCUT2D eigenvalue weighted by Gasteiger charge is -2.35. The number of fused-ring (bicyclic) bond motifs is 3. The molecular formula is C16H15BrN2O2S. The van der Waals surface area contributed by atoms with Crippen LogP contribution in [0.2, 0.25) is 0 Å². The van der Waals surface area contributed by atoms with Crippen molar-refractivity contribution in [1.29, 1.82) is 0 Å². The minimum Gasteiger partial charge on any atom is -0.493 e. The van der Waals surface area contributed by atoms with Crippen molar-refractivity contribution in [2.75, 3.05) is 6.26 Å². The summed E-state index contributed by atoms with van der Waals surface area (Å²) in [6.45, 7) is 0.363. The fourth-order valence-corrected chi connectivity index (χ4v) is 4.15. The van der Waals surface area contributed by atoms with E-state index in [1.165, 1.54) is 22.9 Å². The maximum absolute atomic E-state index is 10.1. The molecule has 6 heteroatoms. The van der Waals surface area contributed by atoms with Crippen LogP contribution in [0.1, 0.15) is 28.8 Å². The van der Waals surface area contributed by atoms with E-state index in [0.717, 1.165) is 28.6 Å². The van der Waals surface area contributed by atoms with Crippen molar-refractivity contribution in [3.8, 4) is 5.88 Å². The summed E-state index contributed by atoms with van der Waals surface area (Å²) in [5.41, 5.74) is 3.91. The highest BCUT2D eigenvalue weighted by atomic mass is 79.9. The van der Waals surface area contributed by atoms with Gasteiger partial charge in [-0.2, -0.15) is 4.98 Å². The minimum atomic E-state index is -0.317. The summed E-state index contributed by atoms with van der Waals surface area (Å²) >= 11 is 5.00. The van der Waals surface area contributed by atoms with Crippen LogP contribution >= 0.6 is 27.7 Å². The molecule has 0 bridgehead atoms. The molecule has 1 aliphatic carbocycles. The molecule has 0 saturated carbocycles. The molecule has 22 heavy (non-hydrogen) atoms. The molecule has 1 spiro atoms. The van der Waals surface area contributed by atoms with Crippen LogP contribution in [-0.4, -0.2) is 21.3 Å². The van der Waals surface area contributed by atoms with E-state index >= 15 is 0 Å². The highest BCUT2D eigenvalue weighted by Gasteiger charge is 2.44. The monoisotopic (exact) mass is 378 g/mol. The zero-order valence-electron chi connectivity index (χ0n) is 12.1. The largest absolute Gasteiger partial charge is 0.493 e. The van der Waals surface area contributed by atoms with Crippen molar-refractivity contribution in [2.45, 2.75) is 36.6 Å². The van der Waals surface area contributed by atoms with Crippen LogP contribution in [0.4, 0.5) is 0 Å². The third kappa shape index (κ3) is 2.16. The van der Waals surface area contributed by atoms with E-state index in [4.69, 9.17) is 4.74 Å². The molecule has 1 aliphatic heterocycles. The van der Waals surface area contributed by atoms with E-state index in [-0.39, 0.29) is 11.5 Å². The number of aromatic nitrogens is 2. The SMILES string of the molecule is CSc1nc(O)c2c(n1)CC1(CCc3ccc(Br)cc31)OC2. The molecule has 2 aromatic rings. The van der Waals surface area contributed by atoms with E-state index in [2.05, 4.69) is 44.1 Å². The summed E-state index contributed by atoms with van der Waals surface area (Å²) in [7, 11) is 0. The van der Waals surface area contributed by atoms with Crippen molar-refractivity contribution in [3.63, 3.8) is 0 Å². The molecule has 0 saturated heterocycles. The first-order valence-electron chi connectivity index (χ1n) is 7.17. The third-order valence-corrected chi connectivity index (χ3v) is 5.58. The predicted molar refractivity (Wildman–Crippen MR) is 88.1 cm³/mol. The topological polar surface area (TPSA) is 55.2 Å². The third-order valence-electron chi connectivity index (χ3n) is 4.54. The van der Waals surface area contributed by atoms with Gasteiger partial charge in [-0.05, 0) is 42.4 Å². The second-order valence-electron chi connectivity index (χ2n) is 5.72. The highest BCUT2D eigenvalue weighted by Crippen LogP contribution is 2.47. The van der Waals surface area contributed by atoms with Crippen molar-refractivity contribution in [1.82, 2.24) is 9.97 Å². The zero-order valence-corrected chi connectivity index (χ0v) is 14.5. The fourth-order valence-electron chi connectivity index (χ4n) is 3.41. The number of nitrogens with zero attached hydrogens (tertiary/aromatic N) is 2. The number of aryl methyl sites for hydroxylation is 1. The molecule has 1 atom stereocenters. The van der Waals surface area contributed by atoms with Gasteiger partial charge >= 0.3 is 0 Å². The average Bonchev–Trinajstić information content (AvgIpc) is 2.85. The number of ether oxygens (including phenoxy) is 1. The lowest BCUT2D eigenvalue weighted by molar-refractivity contribution is -0.0741. The molecule has 4 rings (SSSR count). The summed E-state index contributed by atoms with van der Waals surface area (Å²) in [4.78, 5) is 8.71. The molecule has 0 amide bonds. The van der Waals surface area contributed by atoms with E-state index in [0.29, 0.717) is 18.2 Å². The Morgan fingerprint density at radius 2 is 2.23 bits per heavy atom. The first kappa shape index (κ1) is 14.5. The number of benzene rings is 1. The van der Waals surface area contributed by atoms with Crippen LogP contribution in [0, 0.1) is 0 Å². The van der Waals surface area contributed by atoms with Crippen LogP contribution in [0.5, 0.6) is 5.88 Å². The van der Waals surface area contributed by atoms with Crippen LogP contribution in [-0.2, 0) is 29.8 Å². The Kier molecular flexibility index (Phi) is 3.43. The van der Waals surface area contributed by atoms with Crippen molar-refractivity contribution in [2.24, 2.45) is 0 Å². The number of hydrogen-bond donors (Lipinski definition) is 1. The van der Waals surface area contributed by atoms with Crippen molar-refractivity contribution >= 4 is 27.7 Å². The van der Waals surface area contributed by atoms with Gasteiger partial charge in [0.25, 0.3) is 0 Å². The van der Waals surface area contributed by atoms with Gasteiger partial charge in [-0.1, -0.05) is 33.8 Å². The molecule has 1 unspecified atom stereocenters. The number of halogens is 1. The van der Waals surface area contributed by atoms with Gasteiger partial charge in [0.15, 0.2) is 5.16 Å². The van der Waals surface area contributed by atoms with Gasteiger partial charge in [0, 0.05) is 10.9 Å². The molecule has 114 valence electrons. The van der Waals surface area contributed by atoms with Crippen LogP contribution in [0.3, 0.4) is 0 Å². The Morgan fingerprint density at radius 1 is 1.36 bits per heavy atom. The average molecular weight is 379 g/mol. The Labute approximate surface area is 141 Å². The summed E-state index contributed by atoms with van der Waals surface area (Å²) in [5.74, 6) is 0.0525. The Balaban J connectivity index is 1.80. The van der Waals surface area contributed by atoms with E-state index < -0.39 is 0 Å². The molecule has 1 aromatic carbocycles. The first-order chi connectivity index (χ1) is 10.6. The normalized spacial score (nSPS) is 22.6. The molecule has 4 nitrogen and oxygen atoms in total. The van der Waals surface area contributed by atoms with Gasteiger partial charge < -0.3 is 9.84 Å². The van der Waals surface area contributed by atoms with Crippen LogP contribution in [0.15, 0.2) is 27.8 Å². The molecule has 2 aliphatic rings. The van der Waals surface area contributed by atoms with Gasteiger partial charge in [0.1, 0.15) is 0 Å². The lowest BCUT2D eigenvalue weighted by atomic mass is 9.87. The van der Waals surface area contributed by atoms with Gasteiger partial charge in [0.05, 0.1) is 23.5 Å². The summed E-state index contributed by atoms with van der Waals surface area (Å²) in [6.07, 6.45) is 4.58. The lowest BCUT2D eigenvalue weighted by Crippen LogP contribution is -2.34. The molecular weight excluding hydrogens is 364 g/mol. The number of aromatic hydroxyl groups is 1. The fraction of sp³-hybridized carbons (Fsp3) is 0.375. The number of rotatable bonds is 1. The summed E-state index contributed by atoms with van der Waals surface area (Å²) < 4.78 is 7.29. The maximum Gasteiger partial charge on any atom is 0.220 e. The molecule has 2 heterocycles. The standard InChI is InChI=1S/C16H15BrN2O2S/c1-22-15-18-13-7-16(21-8-11(13)14(20)19-15)5-4-9-2-3-10(17)6-12(9)16/h2-3,6H,4-5,7-8H2,1H3,(H,18,19,20). The van der Waals surface area contributed by atoms with Gasteiger partial charge in [-0.25, -0.2) is 4.98 Å². The van der Waals surface area contributed by atoms with Crippen LogP contribution in [0.25, 0.3) is 0 Å². The van der Waals surface area contributed by atoms with Crippen LogP contribution < -0.4 is 0 Å². The van der Waals surface area contributed by atoms with Gasteiger partial charge in [0.2, 0.25) is 5.88 Å². The van der Waals surface area contributed by atoms with Crippen molar-refractivity contribution in [3.05, 3.63) is 45.1 Å². The zero-order chi connectivity index (χ0) is 15.3. The molecule has 0 radical (unpaired) electrons. The van der Waals surface area contributed by atoms with E-state index in [1.54, 1.807) is 0 Å². The highest BCUT2D eigenvalue weighted by molar-refractivity contribution is 9.10. The summed E-state index contributed by atoms with van der Waals surface area (Å²) in [5, 5.41) is 10.7. The van der Waals surface area contributed by atoms with E-state index in [9.17, 15) is 5.11 Å². The molecule has 0 fully saturated rings. The van der Waals surface area contributed by atoms with E-state index in [1.807, 2.05) is 6.26 Å². The number of hydrogen-bond acceptors (Lipinski definition) is 5. The smallest absolute Gasteiger partial charge is 0.220 e. The predicted octanol–water partition coefficient (Wildman–Crippen LogP) is 3.58. The minimum absolute atomic E-state index is 0.0525. The first-order valence-corrected chi connectivity index (χ1v) is 9.19. The second-order valence-corrected chi connectivity index (χ2v) is 7.41. The quantitative estimate of drug-likeness (QED) is 0.606. The summed E-state index contributed by atoms with van der Waals surface area (Å²) in [6, 6.07) is 6.40. The number of thioether (sulfide) groups is 1. The molecule has 1 aromatic heterocycles.